The number of hydrogen-bond donors (Lipinski definition) is 0. The van der Waals surface area contributed by atoms with Crippen molar-refractivity contribution in [1.29, 1.82) is 0 Å². The zero-order valence-electron chi connectivity index (χ0n) is 10.8. The van der Waals surface area contributed by atoms with Crippen LogP contribution in [-0.4, -0.2) is 46.9 Å². The van der Waals surface area contributed by atoms with Crippen LogP contribution in [0.3, 0.4) is 0 Å². The molecule has 0 unspecified atom stereocenters. The summed E-state index contributed by atoms with van der Waals surface area (Å²) in [4.78, 5) is 29.9. The van der Waals surface area contributed by atoms with Gasteiger partial charge in [0.25, 0.3) is 5.91 Å². The van der Waals surface area contributed by atoms with Crippen molar-refractivity contribution in [3.63, 3.8) is 0 Å². The second-order valence-electron chi connectivity index (χ2n) is 5.10. The monoisotopic (exact) mass is 264 g/mol. The summed E-state index contributed by atoms with van der Waals surface area (Å²) in [5.41, 5.74) is -0.370. The summed E-state index contributed by atoms with van der Waals surface area (Å²) < 4.78 is 10.6. The van der Waals surface area contributed by atoms with Crippen LogP contribution in [0, 0.1) is 6.92 Å². The molecule has 3 rings (SSSR count). The third-order valence-corrected chi connectivity index (χ3v) is 3.86. The summed E-state index contributed by atoms with van der Waals surface area (Å²) >= 11 is 0. The lowest BCUT2D eigenvalue weighted by Crippen LogP contribution is -2.53. The lowest BCUT2D eigenvalue weighted by Gasteiger charge is -2.36. The Morgan fingerprint density at radius 1 is 1.47 bits per heavy atom. The predicted molar refractivity (Wildman–Crippen MR) is 64.7 cm³/mol. The molecule has 1 atom stereocenters. The van der Waals surface area contributed by atoms with Gasteiger partial charge in [-0.1, -0.05) is 0 Å². The number of nitrogens with zero attached hydrogens (tertiary/aromatic N) is 2. The fraction of sp³-hybridized carbons (Fsp3) is 0.615. The van der Waals surface area contributed by atoms with Crippen molar-refractivity contribution in [3.8, 4) is 0 Å². The van der Waals surface area contributed by atoms with Crippen molar-refractivity contribution in [2.45, 2.75) is 31.8 Å². The lowest BCUT2D eigenvalue weighted by atomic mass is 9.87. The highest BCUT2D eigenvalue weighted by Gasteiger charge is 2.46. The number of likely N-dealkylation sites (tertiary alicyclic amines) is 1. The molecule has 0 radical (unpaired) electrons. The molecule has 2 saturated heterocycles. The quantitative estimate of drug-likeness (QED) is 0.755. The van der Waals surface area contributed by atoms with Gasteiger partial charge in [-0.15, -0.1) is 0 Å². The Morgan fingerprint density at radius 3 is 2.89 bits per heavy atom. The van der Waals surface area contributed by atoms with Gasteiger partial charge in [-0.3, -0.25) is 9.59 Å². The first-order valence-electron chi connectivity index (χ1n) is 6.49. The zero-order valence-corrected chi connectivity index (χ0v) is 10.8. The van der Waals surface area contributed by atoms with Gasteiger partial charge in [-0.05, 0) is 12.8 Å². The number of aryl methyl sites for hydroxylation is 1. The summed E-state index contributed by atoms with van der Waals surface area (Å²) in [7, 11) is 0. The summed E-state index contributed by atoms with van der Waals surface area (Å²) in [5.74, 6) is 0.199. The van der Waals surface area contributed by atoms with E-state index in [1.165, 1.54) is 11.2 Å². The van der Waals surface area contributed by atoms with Crippen LogP contribution in [0.4, 0.5) is 0 Å². The first kappa shape index (κ1) is 12.3. The summed E-state index contributed by atoms with van der Waals surface area (Å²) in [6.07, 6.45) is 3.60. The van der Waals surface area contributed by atoms with E-state index in [2.05, 4.69) is 4.98 Å². The van der Waals surface area contributed by atoms with Gasteiger partial charge in [0.15, 0.2) is 17.4 Å². The smallest absolute Gasteiger partial charge is 0.276 e. The van der Waals surface area contributed by atoms with Crippen molar-refractivity contribution in [2.24, 2.45) is 0 Å². The van der Waals surface area contributed by atoms with Gasteiger partial charge < -0.3 is 14.1 Å². The number of rotatable bonds is 1. The molecule has 1 spiro atoms. The third kappa shape index (κ3) is 2.06. The summed E-state index contributed by atoms with van der Waals surface area (Å²) in [6.45, 7) is 2.95. The second kappa shape index (κ2) is 4.45. The molecule has 0 bridgehead atoms. The Morgan fingerprint density at radius 2 is 2.32 bits per heavy atom. The number of oxazole rings is 1. The first-order valence-corrected chi connectivity index (χ1v) is 6.49. The highest BCUT2D eigenvalue weighted by Crippen LogP contribution is 2.33. The molecule has 2 fully saturated rings. The number of piperidine rings is 1. The molecule has 0 aromatic carbocycles. The maximum absolute atomic E-state index is 12.2. The SMILES string of the molecule is Cc1nc(C(=O)N2CC[C@]3(CCCO3)C(=O)C2)co1. The van der Waals surface area contributed by atoms with Gasteiger partial charge in [-0.25, -0.2) is 4.98 Å². The van der Waals surface area contributed by atoms with E-state index in [4.69, 9.17) is 9.15 Å². The van der Waals surface area contributed by atoms with E-state index in [1.54, 1.807) is 6.92 Å². The van der Waals surface area contributed by atoms with Gasteiger partial charge in [0.2, 0.25) is 0 Å². The minimum absolute atomic E-state index is 0.00446. The van der Waals surface area contributed by atoms with Crippen molar-refractivity contribution in [1.82, 2.24) is 9.88 Å². The average Bonchev–Trinajstić information content (AvgIpc) is 3.02. The molecule has 1 amide bonds. The molecule has 19 heavy (non-hydrogen) atoms. The van der Waals surface area contributed by atoms with Crippen molar-refractivity contribution >= 4 is 11.7 Å². The van der Waals surface area contributed by atoms with Crippen LogP contribution in [0.5, 0.6) is 0 Å². The number of carbonyl (C=O) groups excluding carboxylic acids is 2. The van der Waals surface area contributed by atoms with E-state index in [0.29, 0.717) is 25.5 Å². The van der Waals surface area contributed by atoms with Crippen LogP contribution >= 0.6 is 0 Å². The molecule has 2 aliphatic heterocycles. The maximum atomic E-state index is 12.2. The van der Waals surface area contributed by atoms with Crippen molar-refractivity contribution < 1.29 is 18.7 Å². The second-order valence-corrected chi connectivity index (χ2v) is 5.10. The number of ether oxygens (including phenoxy) is 1. The minimum atomic E-state index is -0.628. The highest BCUT2D eigenvalue weighted by atomic mass is 16.5. The molecule has 3 heterocycles. The Bertz CT molecular complexity index is 516. The minimum Gasteiger partial charge on any atom is -0.448 e. The van der Waals surface area contributed by atoms with Crippen molar-refractivity contribution in [2.75, 3.05) is 19.7 Å². The van der Waals surface area contributed by atoms with E-state index in [9.17, 15) is 9.59 Å². The molecule has 0 N–H and O–H groups in total. The van der Waals surface area contributed by atoms with E-state index in [1.807, 2.05) is 0 Å². The number of ketones is 1. The Kier molecular flexibility index (Phi) is 2.89. The largest absolute Gasteiger partial charge is 0.448 e. The lowest BCUT2D eigenvalue weighted by molar-refractivity contribution is -0.144. The zero-order chi connectivity index (χ0) is 13.5. The third-order valence-electron chi connectivity index (χ3n) is 3.86. The average molecular weight is 264 g/mol. The van der Waals surface area contributed by atoms with E-state index >= 15 is 0 Å². The van der Waals surface area contributed by atoms with Crippen LogP contribution in [0.25, 0.3) is 0 Å². The van der Waals surface area contributed by atoms with Gasteiger partial charge in [-0.2, -0.15) is 0 Å². The van der Waals surface area contributed by atoms with Gasteiger partial charge in [0.1, 0.15) is 11.9 Å². The number of aromatic nitrogens is 1. The molecule has 0 saturated carbocycles. The topological polar surface area (TPSA) is 72.6 Å². The number of carbonyl (C=O) groups is 2. The van der Waals surface area contributed by atoms with Gasteiger partial charge in [0.05, 0.1) is 6.54 Å². The van der Waals surface area contributed by atoms with Gasteiger partial charge in [0, 0.05) is 26.5 Å². The normalized spacial score (nSPS) is 27.2. The predicted octanol–water partition coefficient (Wildman–Crippen LogP) is 0.947. The molecular formula is C13H16N2O4. The maximum Gasteiger partial charge on any atom is 0.276 e. The standard InChI is InChI=1S/C13H16N2O4/c1-9-14-10(8-18-9)12(17)15-5-4-13(11(16)7-15)3-2-6-19-13/h8H,2-7H2,1H3/t13-/m1/s1. The van der Waals surface area contributed by atoms with Crippen LogP contribution < -0.4 is 0 Å². The molecule has 6 heteroatoms. The Hall–Kier alpha value is -1.69. The molecule has 102 valence electrons. The molecule has 6 nitrogen and oxygen atoms in total. The number of Topliss-reactive ketones (excluding diaryl/α,β-unsaturated/α-hetero) is 1. The van der Waals surface area contributed by atoms with Gasteiger partial charge >= 0.3 is 0 Å². The molecular weight excluding hydrogens is 248 g/mol. The fourth-order valence-corrected chi connectivity index (χ4v) is 2.76. The van der Waals surface area contributed by atoms with Crippen LogP contribution in [0.1, 0.15) is 35.6 Å². The summed E-state index contributed by atoms with van der Waals surface area (Å²) in [5, 5.41) is 0. The molecule has 1 aromatic rings. The molecule has 0 aliphatic carbocycles. The van der Waals surface area contributed by atoms with Crippen LogP contribution in [0.15, 0.2) is 10.7 Å². The first-order chi connectivity index (χ1) is 9.11. The van der Waals surface area contributed by atoms with Crippen LogP contribution in [0.2, 0.25) is 0 Å². The number of amides is 1. The Labute approximate surface area is 110 Å². The van der Waals surface area contributed by atoms with E-state index < -0.39 is 5.60 Å². The highest BCUT2D eigenvalue weighted by molar-refractivity contribution is 5.98. The van der Waals surface area contributed by atoms with Crippen molar-refractivity contribution in [3.05, 3.63) is 17.8 Å². The van der Waals surface area contributed by atoms with E-state index in [-0.39, 0.29) is 23.9 Å². The molecule has 1 aromatic heterocycles. The summed E-state index contributed by atoms with van der Waals surface area (Å²) in [6, 6.07) is 0. The number of hydrogen-bond acceptors (Lipinski definition) is 5. The molecule has 2 aliphatic rings. The fourth-order valence-electron chi connectivity index (χ4n) is 2.76. The van der Waals surface area contributed by atoms with E-state index in [0.717, 1.165) is 12.8 Å². The Balaban J connectivity index is 1.72. The van der Waals surface area contributed by atoms with Crippen LogP contribution in [-0.2, 0) is 9.53 Å².